The summed E-state index contributed by atoms with van der Waals surface area (Å²) >= 11 is 0. The zero-order valence-corrected chi connectivity index (χ0v) is 18.9. The lowest BCUT2D eigenvalue weighted by Gasteiger charge is -2.26. The fraction of sp³-hybridized carbons (Fsp3) is 0.409. The molecule has 0 aliphatic carbocycles. The highest BCUT2D eigenvalue weighted by Gasteiger charge is 2.28. The summed E-state index contributed by atoms with van der Waals surface area (Å²) in [5.74, 6) is -1.92. The maximum atomic E-state index is 12.9. The molecule has 0 radical (unpaired) electrons. The Morgan fingerprint density at radius 1 is 1.38 bits per heavy atom. The molecule has 10 nitrogen and oxygen atoms in total. The van der Waals surface area contributed by atoms with Crippen LogP contribution in [0.15, 0.2) is 58.1 Å². The molecule has 176 valence electrons. The fourth-order valence-corrected chi connectivity index (χ4v) is 2.45. The Morgan fingerprint density at radius 3 is 2.56 bits per heavy atom. The summed E-state index contributed by atoms with van der Waals surface area (Å²) in [5, 5.41) is 26.1. The van der Waals surface area contributed by atoms with E-state index in [9.17, 15) is 19.5 Å². The highest BCUT2D eigenvalue weighted by molar-refractivity contribution is 6.41. The lowest BCUT2D eigenvalue weighted by molar-refractivity contribution is -0.129. The van der Waals surface area contributed by atoms with Gasteiger partial charge in [-0.1, -0.05) is 30.4 Å². The number of ether oxygens (including phenoxy) is 1. The van der Waals surface area contributed by atoms with E-state index in [1.165, 1.54) is 0 Å². The van der Waals surface area contributed by atoms with Gasteiger partial charge in [-0.15, -0.1) is 0 Å². The molecule has 0 bridgehead atoms. The summed E-state index contributed by atoms with van der Waals surface area (Å²) in [6.45, 7) is 6.99. The van der Waals surface area contributed by atoms with Crippen molar-refractivity contribution in [2.75, 3.05) is 20.8 Å². The van der Waals surface area contributed by atoms with Gasteiger partial charge >= 0.3 is 5.97 Å². The molecule has 1 heterocycles. The highest BCUT2D eigenvalue weighted by Crippen LogP contribution is 2.20. The minimum Gasteiger partial charge on any atom is -0.477 e. The van der Waals surface area contributed by atoms with Crippen molar-refractivity contribution < 1.29 is 29.3 Å². The number of aliphatic hydroxyl groups excluding tert-OH is 1. The first-order valence-corrected chi connectivity index (χ1v) is 9.85. The van der Waals surface area contributed by atoms with E-state index in [1.807, 2.05) is 26.0 Å². The number of methoxy groups -OCH3 is 1. The van der Waals surface area contributed by atoms with E-state index in [0.29, 0.717) is 19.3 Å². The number of hydrazone groups is 1. The number of aliphatic hydroxyl groups is 1. The van der Waals surface area contributed by atoms with Crippen molar-refractivity contribution in [3.63, 3.8) is 0 Å². The number of aldehydes is 1. The number of hydrogen-bond acceptors (Lipinski definition) is 8. The molecule has 1 amide bonds. The second kappa shape index (κ2) is 16.3. The minimum absolute atomic E-state index is 0.0594. The molecule has 1 atom stereocenters. The zero-order valence-electron chi connectivity index (χ0n) is 18.9. The zero-order chi connectivity index (χ0) is 24.5. The average Bonchev–Trinajstić information content (AvgIpc) is 2.76. The summed E-state index contributed by atoms with van der Waals surface area (Å²) in [6.07, 6.45) is 10.1. The molecule has 0 aromatic heterocycles. The molecule has 0 saturated carbocycles. The number of hydrogen-bond donors (Lipinski definition) is 3. The molecular weight excluding hydrogens is 416 g/mol. The van der Waals surface area contributed by atoms with Crippen LogP contribution in [0.3, 0.4) is 0 Å². The molecule has 0 aromatic rings. The number of amides is 1. The quantitative estimate of drug-likeness (QED) is 0.249. The van der Waals surface area contributed by atoms with Gasteiger partial charge in [0.15, 0.2) is 5.71 Å². The number of carbonyl (C=O) groups is 3. The molecule has 1 unspecified atom stereocenters. The maximum Gasteiger partial charge on any atom is 0.354 e. The van der Waals surface area contributed by atoms with Crippen LogP contribution < -0.4 is 5.32 Å². The van der Waals surface area contributed by atoms with Crippen LogP contribution in [0.2, 0.25) is 0 Å². The Morgan fingerprint density at radius 2 is 2.03 bits per heavy atom. The second-order valence-electron chi connectivity index (χ2n) is 6.46. The summed E-state index contributed by atoms with van der Waals surface area (Å²) in [6, 6.07) is -0.307. The van der Waals surface area contributed by atoms with Crippen LogP contribution >= 0.6 is 0 Å². The maximum absolute atomic E-state index is 12.9. The molecule has 0 aromatic carbocycles. The van der Waals surface area contributed by atoms with Gasteiger partial charge in [-0.2, -0.15) is 5.10 Å². The van der Waals surface area contributed by atoms with Crippen LogP contribution in [0, 0.1) is 0 Å². The van der Waals surface area contributed by atoms with Gasteiger partial charge in [0.25, 0.3) is 5.91 Å². The number of aliphatic imine (C=N–C) groups is 1. The summed E-state index contributed by atoms with van der Waals surface area (Å²) in [5.41, 5.74) is 0.513. The van der Waals surface area contributed by atoms with Gasteiger partial charge < -0.3 is 25.1 Å². The number of allylic oxidation sites excluding steroid dienone is 3. The minimum atomic E-state index is -1.30. The molecule has 0 saturated heterocycles. The number of nitrogens with one attached hydrogen (secondary N) is 1. The predicted octanol–water partition coefficient (Wildman–Crippen LogP) is 1.80. The molecule has 1 aliphatic rings. The fourth-order valence-electron chi connectivity index (χ4n) is 2.45. The van der Waals surface area contributed by atoms with Crippen molar-refractivity contribution in [2.45, 2.75) is 39.2 Å². The average molecular weight is 449 g/mol. The number of carboxylic acid groups (broad SMARTS) is 1. The summed E-state index contributed by atoms with van der Waals surface area (Å²) in [7, 11) is 3.25. The Kier molecular flexibility index (Phi) is 14.6. The van der Waals surface area contributed by atoms with Crippen molar-refractivity contribution >= 4 is 30.1 Å². The third-order valence-electron chi connectivity index (χ3n) is 4.06. The van der Waals surface area contributed by atoms with Crippen LogP contribution in [0.1, 0.15) is 33.1 Å². The van der Waals surface area contributed by atoms with Crippen molar-refractivity contribution in [3.8, 4) is 0 Å². The first-order valence-electron chi connectivity index (χ1n) is 9.85. The number of carbonyl (C=O) groups excluding carboxylic acids is 2. The predicted molar refractivity (Wildman–Crippen MR) is 123 cm³/mol. The van der Waals surface area contributed by atoms with Crippen LogP contribution in [0.5, 0.6) is 0 Å². The van der Waals surface area contributed by atoms with Crippen molar-refractivity contribution in [1.29, 1.82) is 0 Å². The van der Waals surface area contributed by atoms with E-state index in [4.69, 9.17) is 5.11 Å². The van der Waals surface area contributed by atoms with Gasteiger partial charge in [-0.3, -0.25) is 4.79 Å². The van der Waals surface area contributed by atoms with Crippen LogP contribution in [-0.2, 0) is 19.1 Å². The molecule has 0 spiro atoms. The van der Waals surface area contributed by atoms with E-state index in [0.717, 1.165) is 29.2 Å². The Balaban J connectivity index is 0.00000302. The molecule has 1 aliphatic heterocycles. The van der Waals surface area contributed by atoms with Crippen LogP contribution in [0.4, 0.5) is 0 Å². The molecule has 3 N–H and O–H groups in total. The Labute approximate surface area is 188 Å². The van der Waals surface area contributed by atoms with E-state index < -0.39 is 11.9 Å². The number of nitrogens with zero attached hydrogens (tertiary/aromatic N) is 3. The SMILES string of the molecule is C=C1N=C(C(=O)O)C=C(C(=O)NC(CC/C=C/CC=O)/C(C)=C/C)N1/N=C\CO.COC. The molecule has 32 heavy (non-hydrogen) atoms. The van der Waals surface area contributed by atoms with Gasteiger partial charge in [0.1, 0.15) is 17.8 Å². The molecule has 10 heteroatoms. The first kappa shape index (κ1) is 28.6. The van der Waals surface area contributed by atoms with Crippen molar-refractivity contribution in [3.05, 3.63) is 48.0 Å². The van der Waals surface area contributed by atoms with Crippen molar-refractivity contribution in [1.82, 2.24) is 10.3 Å². The van der Waals surface area contributed by atoms with Gasteiger partial charge in [-0.05, 0) is 26.7 Å². The second-order valence-corrected chi connectivity index (χ2v) is 6.46. The van der Waals surface area contributed by atoms with E-state index in [-0.39, 0.29) is 29.9 Å². The highest BCUT2D eigenvalue weighted by atomic mass is 16.4. The standard InChI is InChI=1S/C20H26N4O5.C2H6O/c1-4-14(2)16(9-7-5-6-8-11-25)23-19(27)18-13-17(20(28)29)22-15(3)24(18)21-10-12-26;1-3-2/h4-6,10-11,13,16,26H,3,7-9,12H2,1-2H3,(H,23,27)(H,28,29);1-2H3/b6-5+,14-4+,21-10-;. The van der Waals surface area contributed by atoms with Gasteiger partial charge in [-0.25, -0.2) is 14.8 Å². The van der Waals surface area contributed by atoms with Crippen LogP contribution in [0.25, 0.3) is 0 Å². The van der Waals surface area contributed by atoms with E-state index in [2.05, 4.69) is 26.7 Å². The molecular formula is C22H32N4O6. The molecule has 0 fully saturated rings. The lowest BCUT2D eigenvalue weighted by Crippen LogP contribution is -2.41. The van der Waals surface area contributed by atoms with Gasteiger partial charge in [0, 0.05) is 26.7 Å². The topological polar surface area (TPSA) is 141 Å². The number of rotatable bonds is 11. The third kappa shape index (κ3) is 10.1. The number of aliphatic carboxylic acids is 1. The van der Waals surface area contributed by atoms with Gasteiger partial charge in [0.2, 0.25) is 0 Å². The first-order chi connectivity index (χ1) is 15.3. The number of carboxylic acids is 1. The molecule has 1 rings (SSSR count). The Bertz CT molecular complexity index is 811. The summed E-state index contributed by atoms with van der Waals surface area (Å²) in [4.78, 5) is 38.4. The Hall–Kier alpha value is -3.37. The monoisotopic (exact) mass is 448 g/mol. The van der Waals surface area contributed by atoms with E-state index in [1.54, 1.807) is 20.3 Å². The third-order valence-corrected chi connectivity index (χ3v) is 4.06. The smallest absolute Gasteiger partial charge is 0.354 e. The van der Waals surface area contributed by atoms with Crippen LogP contribution in [-0.4, -0.2) is 72.2 Å². The lowest BCUT2D eigenvalue weighted by atomic mass is 10.0. The normalized spacial score (nSPS) is 15.1. The largest absolute Gasteiger partial charge is 0.477 e. The van der Waals surface area contributed by atoms with Crippen molar-refractivity contribution in [2.24, 2.45) is 10.1 Å². The van der Waals surface area contributed by atoms with E-state index >= 15 is 0 Å². The summed E-state index contributed by atoms with van der Waals surface area (Å²) < 4.78 is 4.25. The van der Waals surface area contributed by atoms with Gasteiger partial charge in [0.05, 0.1) is 18.9 Å².